The fraction of sp³-hybridized carbons (Fsp3) is 0.458. The number of ether oxygens (including phenoxy) is 2. The van der Waals surface area contributed by atoms with E-state index >= 15 is 0 Å². The second kappa shape index (κ2) is 9.91. The number of hydrazine groups is 2. The lowest BCUT2D eigenvalue weighted by molar-refractivity contribution is -0.144. The van der Waals surface area contributed by atoms with Gasteiger partial charge in [-0.3, -0.25) is 5.01 Å². The molecule has 2 aromatic rings. The van der Waals surface area contributed by atoms with Crippen molar-refractivity contribution in [1.29, 1.82) is 0 Å². The number of amidine groups is 1. The highest BCUT2D eigenvalue weighted by atomic mass is 19.4. The average Bonchev–Trinajstić information content (AvgIpc) is 3.15. The van der Waals surface area contributed by atoms with Gasteiger partial charge in [0.1, 0.15) is 5.84 Å². The van der Waals surface area contributed by atoms with Crippen LogP contribution in [0.4, 0.5) is 26.3 Å². The molecule has 12 heteroatoms. The molecule has 4 atom stereocenters. The van der Waals surface area contributed by atoms with Gasteiger partial charge >= 0.3 is 12.4 Å². The quantitative estimate of drug-likeness (QED) is 0.543. The molecule has 2 aliphatic heterocycles. The highest BCUT2D eigenvalue weighted by Gasteiger charge is 2.44. The van der Waals surface area contributed by atoms with E-state index < -0.39 is 35.7 Å². The van der Waals surface area contributed by atoms with Gasteiger partial charge in [-0.05, 0) is 43.2 Å². The Kier molecular flexibility index (Phi) is 7.22. The Morgan fingerprint density at radius 3 is 2.14 bits per heavy atom. The summed E-state index contributed by atoms with van der Waals surface area (Å²) in [5.74, 6) is 0.358. The number of hydrazone groups is 1. The fourth-order valence-corrected chi connectivity index (χ4v) is 4.70. The first-order valence-electron chi connectivity index (χ1n) is 11.3. The van der Waals surface area contributed by atoms with E-state index in [1.54, 1.807) is 12.2 Å². The van der Waals surface area contributed by atoms with Crippen LogP contribution in [-0.2, 0) is 21.8 Å². The zero-order valence-corrected chi connectivity index (χ0v) is 19.8. The van der Waals surface area contributed by atoms with Crippen molar-refractivity contribution in [2.75, 3.05) is 20.3 Å². The zero-order valence-electron chi connectivity index (χ0n) is 19.8. The largest absolute Gasteiger partial charge is 0.416 e. The molecule has 0 saturated carbocycles. The van der Waals surface area contributed by atoms with E-state index in [2.05, 4.69) is 10.6 Å². The number of benzene rings is 2. The monoisotopic (exact) mass is 516 g/mol. The Hall–Kier alpha value is -2.83. The maximum Gasteiger partial charge on any atom is 0.416 e. The van der Waals surface area contributed by atoms with Crippen molar-refractivity contribution in [1.82, 2.24) is 15.7 Å². The number of nitrogens with zero attached hydrogens (tertiary/aromatic N) is 3. The molecule has 1 N–H and O–H groups in total. The molecule has 2 aliphatic rings. The van der Waals surface area contributed by atoms with Crippen LogP contribution in [-0.4, -0.2) is 48.4 Å². The minimum atomic E-state index is -4.94. The second-order valence-electron chi connectivity index (χ2n) is 8.82. The van der Waals surface area contributed by atoms with E-state index in [1.165, 1.54) is 6.92 Å². The summed E-state index contributed by atoms with van der Waals surface area (Å²) in [5.41, 5.74) is 0.773. The smallest absolute Gasteiger partial charge is 0.377 e. The van der Waals surface area contributed by atoms with Gasteiger partial charge < -0.3 is 9.47 Å². The highest BCUT2D eigenvalue weighted by molar-refractivity contribution is 5.80. The molecule has 2 heterocycles. The number of hydrogen-bond donors (Lipinski definition) is 1. The Morgan fingerprint density at radius 1 is 1.00 bits per heavy atom. The van der Waals surface area contributed by atoms with Crippen molar-refractivity contribution in [2.45, 2.75) is 50.4 Å². The summed E-state index contributed by atoms with van der Waals surface area (Å²) in [7, 11) is 1.77. The van der Waals surface area contributed by atoms with Crippen molar-refractivity contribution < 1.29 is 35.8 Å². The summed E-state index contributed by atoms with van der Waals surface area (Å²) >= 11 is 0. The van der Waals surface area contributed by atoms with Crippen molar-refractivity contribution in [2.24, 2.45) is 5.10 Å². The summed E-state index contributed by atoms with van der Waals surface area (Å²) in [6.45, 7) is 3.69. The Morgan fingerprint density at radius 2 is 1.61 bits per heavy atom. The molecule has 0 aromatic heterocycles. The molecule has 0 spiro atoms. The fourth-order valence-electron chi connectivity index (χ4n) is 4.70. The predicted octanol–water partition coefficient (Wildman–Crippen LogP) is 5.35. The number of halogens is 6. The lowest BCUT2D eigenvalue weighted by Gasteiger charge is -2.45. The van der Waals surface area contributed by atoms with E-state index in [1.807, 2.05) is 42.3 Å². The first-order chi connectivity index (χ1) is 16.9. The van der Waals surface area contributed by atoms with Gasteiger partial charge in [0, 0.05) is 13.0 Å². The third-order valence-corrected chi connectivity index (χ3v) is 6.35. The summed E-state index contributed by atoms with van der Waals surface area (Å²) < 4.78 is 92.3. The SMILES string of the molecule is CC1=NNN(C)N1[C@@H]1COC[C@H](OC(C)c2cc(C(F)(F)F)cc(C(F)(F)F)c2)[C@@H]1c1ccccc1. The van der Waals surface area contributed by atoms with E-state index in [0.717, 1.165) is 5.56 Å². The Labute approximate surface area is 204 Å². The second-order valence-corrected chi connectivity index (χ2v) is 8.82. The average molecular weight is 516 g/mol. The van der Waals surface area contributed by atoms with E-state index in [4.69, 9.17) is 9.47 Å². The summed E-state index contributed by atoms with van der Waals surface area (Å²) in [4.78, 5) is 0. The van der Waals surface area contributed by atoms with Crippen LogP contribution in [0.15, 0.2) is 53.6 Å². The van der Waals surface area contributed by atoms with Crippen LogP contribution in [0, 0.1) is 0 Å². The maximum atomic E-state index is 13.4. The molecular formula is C24H26F6N4O2. The lowest BCUT2D eigenvalue weighted by atomic mass is 9.84. The van der Waals surface area contributed by atoms with Gasteiger partial charge in [0.2, 0.25) is 0 Å². The van der Waals surface area contributed by atoms with Gasteiger partial charge in [0.15, 0.2) is 0 Å². The number of alkyl halides is 6. The molecule has 0 radical (unpaired) electrons. The Bertz CT molecular complexity index is 1060. The molecule has 36 heavy (non-hydrogen) atoms. The van der Waals surface area contributed by atoms with E-state index in [-0.39, 0.29) is 30.2 Å². The maximum absolute atomic E-state index is 13.4. The first kappa shape index (κ1) is 26.2. The number of hydrogen-bond acceptors (Lipinski definition) is 6. The summed E-state index contributed by atoms with van der Waals surface area (Å²) in [5, 5.41) is 7.79. The molecule has 2 aromatic carbocycles. The van der Waals surface area contributed by atoms with Crippen molar-refractivity contribution in [3.8, 4) is 0 Å². The third-order valence-electron chi connectivity index (χ3n) is 6.35. The number of rotatable bonds is 5. The van der Waals surface area contributed by atoms with Crippen molar-refractivity contribution in [3.63, 3.8) is 0 Å². The summed E-state index contributed by atoms with van der Waals surface area (Å²) in [6.07, 6.45) is -11.6. The molecule has 1 unspecified atom stereocenters. The molecule has 4 rings (SSSR count). The van der Waals surface area contributed by atoms with Gasteiger partial charge in [-0.15, -0.1) is 10.2 Å². The third kappa shape index (κ3) is 5.45. The molecular weight excluding hydrogens is 490 g/mol. The van der Waals surface area contributed by atoms with Crippen LogP contribution in [0.1, 0.15) is 48.1 Å². The van der Waals surface area contributed by atoms with Crippen LogP contribution in [0.3, 0.4) is 0 Å². The lowest BCUT2D eigenvalue weighted by Crippen LogP contribution is -2.57. The van der Waals surface area contributed by atoms with Crippen LogP contribution < -0.4 is 5.53 Å². The minimum absolute atomic E-state index is 0.112. The molecule has 196 valence electrons. The van der Waals surface area contributed by atoms with Crippen LogP contribution in [0.25, 0.3) is 0 Å². The predicted molar refractivity (Wildman–Crippen MR) is 119 cm³/mol. The van der Waals surface area contributed by atoms with E-state index in [9.17, 15) is 26.3 Å². The molecule has 6 nitrogen and oxygen atoms in total. The Balaban J connectivity index is 1.68. The van der Waals surface area contributed by atoms with Crippen LogP contribution in [0.5, 0.6) is 0 Å². The molecule has 1 saturated heterocycles. The van der Waals surface area contributed by atoms with Gasteiger partial charge in [0.05, 0.1) is 42.6 Å². The van der Waals surface area contributed by atoms with E-state index in [0.29, 0.717) is 24.6 Å². The van der Waals surface area contributed by atoms with Crippen LogP contribution >= 0.6 is 0 Å². The standard InChI is InChI=1S/C24H26F6N4O2/c1-14(17-9-18(23(25,26)27)11-19(10-17)24(28,29)30)36-21-13-35-12-20(34-15(2)31-32-33(34)3)22(21)16-7-5-4-6-8-16/h4-11,14,20-22,32H,12-13H2,1-3H3/t14?,20-,21+,22-/m1/s1. The van der Waals surface area contributed by atoms with Crippen LogP contribution in [0.2, 0.25) is 0 Å². The topological polar surface area (TPSA) is 49.3 Å². The highest BCUT2D eigenvalue weighted by Crippen LogP contribution is 2.40. The van der Waals surface area contributed by atoms with Gasteiger partial charge in [-0.25, -0.2) is 5.53 Å². The molecule has 0 amide bonds. The van der Waals surface area contributed by atoms with Gasteiger partial charge in [0.25, 0.3) is 0 Å². The molecule has 1 fully saturated rings. The summed E-state index contributed by atoms with van der Waals surface area (Å²) in [6, 6.07) is 10.6. The minimum Gasteiger partial charge on any atom is -0.377 e. The molecule has 0 bridgehead atoms. The normalized spacial score (nSPS) is 24.4. The zero-order chi connectivity index (χ0) is 26.3. The van der Waals surface area contributed by atoms with Gasteiger partial charge in [-0.1, -0.05) is 30.3 Å². The first-order valence-corrected chi connectivity index (χ1v) is 11.3. The van der Waals surface area contributed by atoms with Gasteiger partial charge in [-0.2, -0.15) is 26.3 Å². The molecule has 0 aliphatic carbocycles. The van der Waals surface area contributed by atoms with Crippen molar-refractivity contribution in [3.05, 3.63) is 70.8 Å². The number of nitrogens with one attached hydrogen (secondary N) is 1. The van der Waals surface area contributed by atoms with Crippen molar-refractivity contribution >= 4 is 5.84 Å².